The minimum atomic E-state index is -3.39. The van der Waals surface area contributed by atoms with Crippen LogP contribution in [0.25, 0.3) is 0 Å². The third-order valence-corrected chi connectivity index (χ3v) is 5.03. The fraction of sp³-hybridized carbons (Fsp3) is 0.500. The Balaban J connectivity index is 2.82. The Hall–Kier alpha value is -1.08. The molecule has 0 aliphatic heterocycles. The van der Waals surface area contributed by atoms with E-state index in [9.17, 15) is 13.2 Å². The van der Waals surface area contributed by atoms with E-state index in [0.29, 0.717) is 18.7 Å². The molecule has 0 radical (unpaired) electrons. The molecule has 0 aliphatic rings. The lowest BCUT2D eigenvalue weighted by molar-refractivity contribution is -0.121. The Kier molecular flexibility index (Phi) is 6.67. The minimum absolute atomic E-state index is 0.0575. The van der Waals surface area contributed by atoms with Gasteiger partial charge in [-0.3, -0.25) is 9.10 Å². The molecule has 1 amide bonds. The van der Waals surface area contributed by atoms with Crippen LogP contribution in [0.1, 0.15) is 25.3 Å². The minimum Gasteiger partial charge on any atom is -0.354 e. The van der Waals surface area contributed by atoms with Crippen molar-refractivity contribution in [3.05, 3.63) is 28.2 Å². The number of hydrogen-bond donors (Lipinski definition) is 1. The van der Waals surface area contributed by atoms with Crippen LogP contribution in [-0.4, -0.2) is 33.7 Å². The van der Waals surface area contributed by atoms with Gasteiger partial charge in [-0.2, -0.15) is 0 Å². The Morgan fingerprint density at radius 2 is 2.05 bits per heavy atom. The molecule has 1 rings (SSSR count). The Labute approximate surface area is 134 Å². The molecule has 0 saturated carbocycles. The lowest BCUT2D eigenvalue weighted by Gasteiger charge is -2.23. The maximum absolute atomic E-state index is 11.9. The van der Waals surface area contributed by atoms with E-state index < -0.39 is 10.0 Å². The highest BCUT2D eigenvalue weighted by molar-refractivity contribution is 9.10. The topological polar surface area (TPSA) is 66.5 Å². The molecule has 1 aromatic rings. The summed E-state index contributed by atoms with van der Waals surface area (Å²) in [5, 5.41) is 2.73. The molecule has 5 nitrogen and oxygen atoms in total. The summed E-state index contributed by atoms with van der Waals surface area (Å²) in [6, 6.07) is 5.36. The van der Waals surface area contributed by atoms with Crippen molar-refractivity contribution in [2.75, 3.05) is 23.7 Å². The monoisotopic (exact) mass is 376 g/mol. The quantitative estimate of drug-likeness (QED) is 0.794. The van der Waals surface area contributed by atoms with Gasteiger partial charge in [-0.05, 0) is 37.1 Å². The first-order chi connectivity index (χ1) is 9.75. The van der Waals surface area contributed by atoms with Crippen molar-refractivity contribution >= 4 is 37.5 Å². The van der Waals surface area contributed by atoms with Crippen molar-refractivity contribution < 1.29 is 13.2 Å². The third kappa shape index (κ3) is 5.67. The molecule has 0 heterocycles. The summed E-state index contributed by atoms with van der Waals surface area (Å²) < 4.78 is 26.1. The van der Waals surface area contributed by atoms with Crippen LogP contribution in [-0.2, 0) is 14.8 Å². The molecule has 0 unspecified atom stereocenters. The van der Waals surface area contributed by atoms with Crippen LogP contribution in [0.4, 0.5) is 5.69 Å². The van der Waals surface area contributed by atoms with E-state index in [1.165, 1.54) is 4.31 Å². The molecular formula is C14H21BrN2O3S. The standard InChI is InChI=1S/C14H21BrN2O3S/c1-4-5-14(18)16-8-9-17(21(3,19)20)12-6-7-13(15)11(2)10-12/h6-7,10H,4-5,8-9H2,1-3H3,(H,16,18). The van der Waals surface area contributed by atoms with Crippen molar-refractivity contribution in [3.8, 4) is 0 Å². The maximum atomic E-state index is 11.9. The zero-order valence-corrected chi connectivity index (χ0v) is 14.9. The van der Waals surface area contributed by atoms with Crippen molar-refractivity contribution in [2.24, 2.45) is 0 Å². The number of carbonyl (C=O) groups is 1. The van der Waals surface area contributed by atoms with Gasteiger partial charge in [0.1, 0.15) is 0 Å². The summed E-state index contributed by atoms with van der Waals surface area (Å²) in [5.41, 5.74) is 1.55. The summed E-state index contributed by atoms with van der Waals surface area (Å²) in [4.78, 5) is 11.4. The smallest absolute Gasteiger partial charge is 0.232 e. The highest BCUT2D eigenvalue weighted by Crippen LogP contribution is 2.24. The van der Waals surface area contributed by atoms with Gasteiger partial charge in [0.2, 0.25) is 15.9 Å². The van der Waals surface area contributed by atoms with Crippen LogP contribution >= 0.6 is 15.9 Å². The Bertz CT molecular complexity index is 602. The van der Waals surface area contributed by atoms with Crippen LogP contribution < -0.4 is 9.62 Å². The van der Waals surface area contributed by atoms with Gasteiger partial charge in [-0.25, -0.2) is 8.42 Å². The number of halogens is 1. The van der Waals surface area contributed by atoms with Crippen LogP contribution in [0, 0.1) is 6.92 Å². The first kappa shape index (κ1) is 18.0. The number of sulfonamides is 1. The summed E-state index contributed by atoms with van der Waals surface area (Å²) in [5.74, 6) is -0.0575. The second-order valence-corrected chi connectivity index (χ2v) is 7.63. The first-order valence-electron chi connectivity index (χ1n) is 6.76. The molecule has 1 N–H and O–H groups in total. The van der Waals surface area contributed by atoms with Gasteiger partial charge >= 0.3 is 0 Å². The van der Waals surface area contributed by atoms with E-state index in [2.05, 4.69) is 21.2 Å². The largest absolute Gasteiger partial charge is 0.354 e. The molecular weight excluding hydrogens is 356 g/mol. The van der Waals surface area contributed by atoms with Gasteiger partial charge in [0.25, 0.3) is 0 Å². The van der Waals surface area contributed by atoms with Crippen molar-refractivity contribution in [3.63, 3.8) is 0 Å². The van der Waals surface area contributed by atoms with Crippen LogP contribution in [0.15, 0.2) is 22.7 Å². The normalized spacial score (nSPS) is 11.2. The van der Waals surface area contributed by atoms with E-state index in [0.717, 1.165) is 22.7 Å². The molecule has 0 fully saturated rings. The highest BCUT2D eigenvalue weighted by Gasteiger charge is 2.17. The van der Waals surface area contributed by atoms with Gasteiger partial charge in [0.05, 0.1) is 18.5 Å². The van der Waals surface area contributed by atoms with E-state index in [1.807, 2.05) is 19.9 Å². The number of carbonyl (C=O) groups excluding carboxylic acids is 1. The number of nitrogens with zero attached hydrogens (tertiary/aromatic N) is 1. The second-order valence-electron chi connectivity index (χ2n) is 4.87. The number of amides is 1. The summed E-state index contributed by atoms with van der Waals surface area (Å²) >= 11 is 3.39. The van der Waals surface area contributed by atoms with Crippen LogP contribution in [0.2, 0.25) is 0 Å². The summed E-state index contributed by atoms with van der Waals surface area (Å²) in [6.07, 6.45) is 2.39. The number of aryl methyl sites for hydroxylation is 1. The predicted octanol–water partition coefficient (Wildman–Crippen LogP) is 2.44. The molecule has 0 spiro atoms. The van der Waals surface area contributed by atoms with E-state index in [4.69, 9.17) is 0 Å². The maximum Gasteiger partial charge on any atom is 0.232 e. The average Bonchev–Trinajstić information content (AvgIpc) is 2.37. The Morgan fingerprint density at radius 1 is 1.38 bits per heavy atom. The highest BCUT2D eigenvalue weighted by atomic mass is 79.9. The average molecular weight is 377 g/mol. The van der Waals surface area contributed by atoms with Gasteiger partial charge in [0, 0.05) is 17.4 Å². The predicted molar refractivity (Wildman–Crippen MR) is 89.0 cm³/mol. The summed E-state index contributed by atoms with van der Waals surface area (Å²) in [6.45, 7) is 4.33. The molecule has 21 heavy (non-hydrogen) atoms. The van der Waals surface area contributed by atoms with Crippen molar-refractivity contribution in [1.82, 2.24) is 5.32 Å². The first-order valence-corrected chi connectivity index (χ1v) is 9.40. The fourth-order valence-electron chi connectivity index (χ4n) is 1.88. The number of nitrogens with one attached hydrogen (secondary N) is 1. The van der Waals surface area contributed by atoms with Gasteiger partial charge in [-0.15, -0.1) is 0 Å². The molecule has 0 saturated heterocycles. The van der Waals surface area contributed by atoms with E-state index >= 15 is 0 Å². The van der Waals surface area contributed by atoms with Crippen molar-refractivity contribution in [2.45, 2.75) is 26.7 Å². The number of rotatable bonds is 7. The number of benzene rings is 1. The number of hydrogen-bond acceptors (Lipinski definition) is 3. The molecule has 0 aromatic heterocycles. The SMILES string of the molecule is CCCC(=O)NCCN(c1ccc(Br)c(C)c1)S(C)(=O)=O. The van der Waals surface area contributed by atoms with Gasteiger partial charge in [-0.1, -0.05) is 22.9 Å². The zero-order chi connectivity index (χ0) is 16.0. The van der Waals surface area contributed by atoms with Gasteiger partial charge < -0.3 is 5.32 Å². The van der Waals surface area contributed by atoms with Gasteiger partial charge in [0.15, 0.2) is 0 Å². The number of anilines is 1. The molecule has 1 aromatic carbocycles. The molecule has 0 aliphatic carbocycles. The summed E-state index contributed by atoms with van der Waals surface area (Å²) in [7, 11) is -3.39. The lowest BCUT2D eigenvalue weighted by Crippen LogP contribution is -2.38. The zero-order valence-electron chi connectivity index (χ0n) is 12.5. The molecule has 7 heteroatoms. The molecule has 0 bridgehead atoms. The van der Waals surface area contributed by atoms with Crippen LogP contribution in [0.3, 0.4) is 0 Å². The fourth-order valence-corrected chi connectivity index (χ4v) is 3.05. The van der Waals surface area contributed by atoms with E-state index in [1.54, 1.807) is 12.1 Å². The third-order valence-electron chi connectivity index (χ3n) is 2.94. The van der Waals surface area contributed by atoms with Crippen LogP contribution in [0.5, 0.6) is 0 Å². The lowest BCUT2D eigenvalue weighted by atomic mass is 10.2. The Morgan fingerprint density at radius 3 is 2.57 bits per heavy atom. The van der Waals surface area contributed by atoms with E-state index in [-0.39, 0.29) is 12.5 Å². The van der Waals surface area contributed by atoms with Crippen molar-refractivity contribution in [1.29, 1.82) is 0 Å². The molecule has 0 atom stereocenters. The second kappa shape index (κ2) is 7.79. The molecule has 118 valence electrons.